The summed E-state index contributed by atoms with van der Waals surface area (Å²) in [6.45, 7) is 2.25. The van der Waals surface area contributed by atoms with Crippen molar-refractivity contribution in [1.82, 2.24) is 15.0 Å². The Morgan fingerprint density at radius 3 is 2.77 bits per heavy atom. The number of piperidine rings is 1. The highest BCUT2D eigenvalue weighted by Gasteiger charge is 2.32. The molecule has 1 aliphatic heterocycles. The molecule has 1 aromatic heterocycles. The number of carboxylic acid groups (broad SMARTS) is 1. The van der Waals surface area contributed by atoms with Crippen LogP contribution in [-0.2, 0) is 0 Å². The molecule has 0 unspecified atom stereocenters. The lowest BCUT2D eigenvalue weighted by atomic mass is 9.93. The number of carbonyl (C=O) groups is 1. The number of benzene rings is 1. The fraction of sp³-hybridized carbons (Fsp3) is 0.400. The van der Waals surface area contributed by atoms with Gasteiger partial charge in [-0.1, -0.05) is 5.16 Å². The zero-order valence-corrected chi connectivity index (χ0v) is 12.1. The fourth-order valence-electron chi connectivity index (χ4n) is 2.69. The molecular formula is C15H16FN3O3. The van der Waals surface area contributed by atoms with Gasteiger partial charge in [-0.05, 0) is 44.0 Å². The van der Waals surface area contributed by atoms with E-state index in [1.807, 2.05) is 6.92 Å². The van der Waals surface area contributed by atoms with Crippen LogP contribution in [0.1, 0.15) is 31.5 Å². The van der Waals surface area contributed by atoms with E-state index >= 15 is 0 Å². The lowest BCUT2D eigenvalue weighted by Gasteiger charge is -2.34. The third kappa shape index (κ3) is 2.79. The van der Waals surface area contributed by atoms with Crippen LogP contribution in [0.4, 0.5) is 9.18 Å². The van der Waals surface area contributed by atoms with E-state index in [1.165, 1.54) is 17.0 Å². The molecule has 2 heterocycles. The predicted molar refractivity (Wildman–Crippen MR) is 75.9 cm³/mol. The van der Waals surface area contributed by atoms with Crippen molar-refractivity contribution in [2.45, 2.75) is 31.7 Å². The highest BCUT2D eigenvalue weighted by atomic mass is 19.1. The van der Waals surface area contributed by atoms with Crippen LogP contribution >= 0.6 is 0 Å². The molecule has 2 aromatic rings. The Balaban J connectivity index is 1.79. The summed E-state index contributed by atoms with van der Waals surface area (Å²) in [5, 5.41) is 13.2. The lowest BCUT2D eigenvalue weighted by molar-refractivity contribution is 0.104. The summed E-state index contributed by atoms with van der Waals surface area (Å²) < 4.78 is 18.1. The van der Waals surface area contributed by atoms with E-state index in [1.54, 1.807) is 12.1 Å². The number of hydrogen-bond donors (Lipinski definition) is 1. The van der Waals surface area contributed by atoms with E-state index < -0.39 is 6.09 Å². The Bertz CT molecular complexity index is 671. The molecule has 1 aromatic carbocycles. The Kier molecular flexibility index (Phi) is 3.79. The Morgan fingerprint density at radius 1 is 1.36 bits per heavy atom. The van der Waals surface area contributed by atoms with Crippen molar-refractivity contribution in [2.24, 2.45) is 0 Å². The molecule has 0 radical (unpaired) electrons. The van der Waals surface area contributed by atoms with Crippen LogP contribution in [0.15, 0.2) is 28.8 Å². The first-order valence-electron chi connectivity index (χ1n) is 7.13. The number of hydrogen-bond acceptors (Lipinski definition) is 4. The molecule has 1 saturated heterocycles. The summed E-state index contributed by atoms with van der Waals surface area (Å²) in [5.41, 5.74) is 0.638. The largest absolute Gasteiger partial charge is 0.465 e. The fourth-order valence-corrected chi connectivity index (χ4v) is 2.69. The van der Waals surface area contributed by atoms with Crippen molar-refractivity contribution in [3.05, 3.63) is 35.9 Å². The van der Waals surface area contributed by atoms with Gasteiger partial charge in [-0.2, -0.15) is 4.98 Å². The summed E-state index contributed by atoms with van der Waals surface area (Å²) >= 11 is 0. The minimum absolute atomic E-state index is 0.00257. The molecule has 1 N–H and O–H groups in total. The third-order valence-corrected chi connectivity index (χ3v) is 4.03. The van der Waals surface area contributed by atoms with Crippen molar-refractivity contribution < 1.29 is 18.8 Å². The Morgan fingerprint density at radius 2 is 2.09 bits per heavy atom. The maximum atomic E-state index is 12.9. The second kappa shape index (κ2) is 5.75. The van der Waals surface area contributed by atoms with E-state index in [0.717, 1.165) is 12.8 Å². The first-order chi connectivity index (χ1) is 10.5. The van der Waals surface area contributed by atoms with Crippen molar-refractivity contribution in [3.8, 4) is 11.5 Å². The first-order valence-corrected chi connectivity index (χ1v) is 7.13. The van der Waals surface area contributed by atoms with Crippen LogP contribution in [0.2, 0.25) is 0 Å². The molecule has 7 heteroatoms. The van der Waals surface area contributed by atoms with Crippen LogP contribution in [0.3, 0.4) is 0 Å². The number of halogens is 1. The van der Waals surface area contributed by atoms with Gasteiger partial charge >= 0.3 is 6.09 Å². The van der Waals surface area contributed by atoms with E-state index in [4.69, 9.17) is 4.52 Å². The summed E-state index contributed by atoms with van der Waals surface area (Å²) in [5.74, 6) is 0.403. The number of aromatic nitrogens is 2. The summed E-state index contributed by atoms with van der Waals surface area (Å²) in [4.78, 5) is 17.0. The average Bonchev–Trinajstić information content (AvgIpc) is 2.98. The molecule has 22 heavy (non-hydrogen) atoms. The number of amides is 1. The summed E-state index contributed by atoms with van der Waals surface area (Å²) in [6, 6.07) is 5.79. The van der Waals surface area contributed by atoms with Gasteiger partial charge in [-0.25, -0.2) is 9.18 Å². The second-order valence-corrected chi connectivity index (χ2v) is 5.52. The van der Waals surface area contributed by atoms with Gasteiger partial charge < -0.3 is 14.5 Å². The first kappa shape index (κ1) is 14.5. The molecule has 0 aliphatic carbocycles. The predicted octanol–water partition coefficient (Wildman–Crippen LogP) is 3.12. The van der Waals surface area contributed by atoms with E-state index in [9.17, 15) is 14.3 Å². The average molecular weight is 305 g/mol. The van der Waals surface area contributed by atoms with Crippen LogP contribution in [0.5, 0.6) is 0 Å². The van der Waals surface area contributed by atoms with E-state index in [0.29, 0.717) is 23.8 Å². The van der Waals surface area contributed by atoms with E-state index in [-0.39, 0.29) is 17.8 Å². The number of likely N-dealkylation sites (tertiary alicyclic amines) is 1. The van der Waals surface area contributed by atoms with Gasteiger partial charge in [-0.3, -0.25) is 0 Å². The maximum Gasteiger partial charge on any atom is 0.407 e. The van der Waals surface area contributed by atoms with Crippen molar-refractivity contribution in [2.75, 3.05) is 6.54 Å². The van der Waals surface area contributed by atoms with Gasteiger partial charge in [0.2, 0.25) is 0 Å². The van der Waals surface area contributed by atoms with Gasteiger partial charge in [-0.15, -0.1) is 0 Å². The zero-order valence-electron chi connectivity index (χ0n) is 12.1. The summed E-state index contributed by atoms with van der Waals surface area (Å²) in [6.07, 6.45) is 0.643. The Labute approximate surface area is 126 Å². The quantitative estimate of drug-likeness (QED) is 0.922. The topological polar surface area (TPSA) is 79.5 Å². The molecule has 2 atom stereocenters. The molecule has 1 fully saturated rings. The minimum atomic E-state index is -0.931. The smallest absolute Gasteiger partial charge is 0.407 e. The number of nitrogens with zero attached hydrogens (tertiary/aromatic N) is 3. The van der Waals surface area contributed by atoms with Gasteiger partial charge in [0.05, 0.1) is 0 Å². The van der Waals surface area contributed by atoms with Crippen molar-refractivity contribution >= 4 is 6.09 Å². The zero-order chi connectivity index (χ0) is 15.7. The molecule has 0 saturated carbocycles. The van der Waals surface area contributed by atoms with Crippen LogP contribution < -0.4 is 0 Å². The molecule has 1 amide bonds. The van der Waals surface area contributed by atoms with Gasteiger partial charge in [0, 0.05) is 24.1 Å². The molecule has 0 spiro atoms. The number of rotatable bonds is 2. The van der Waals surface area contributed by atoms with E-state index in [2.05, 4.69) is 10.1 Å². The van der Waals surface area contributed by atoms with Gasteiger partial charge in [0.25, 0.3) is 5.89 Å². The summed E-state index contributed by atoms with van der Waals surface area (Å²) in [7, 11) is 0. The van der Waals surface area contributed by atoms with Crippen molar-refractivity contribution in [3.63, 3.8) is 0 Å². The molecule has 1 aliphatic rings. The minimum Gasteiger partial charge on any atom is -0.465 e. The molecular weight excluding hydrogens is 289 g/mol. The Hall–Kier alpha value is -2.44. The van der Waals surface area contributed by atoms with Crippen molar-refractivity contribution in [1.29, 1.82) is 0 Å². The van der Waals surface area contributed by atoms with Gasteiger partial charge in [0.15, 0.2) is 5.82 Å². The van der Waals surface area contributed by atoms with Crippen LogP contribution in [-0.4, -0.2) is 38.8 Å². The normalized spacial score (nSPS) is 21.8. The monoisotopic (exact) mass is 305 g/mol. The van der Waals surface area contributed by atoms with Gasteiger partial charge in [0.1, 0.15) is 5.82 Å². The third-order valence-electron chi connectivity index (χ3n) is 4.03. The SMILES string of the molecule is C[C@@H]1CC[C@H](c2noc(-c3ccc(F)cc3)n2)CN1C(=O)O. The van der Waals surface area contributed by atoms with Crippen LogP contribution in [0, 0.1) is 5.82 Å². The standard InChI is InChI=1S/C15H16FN3O3/c1-9-2-3-11(8-19(9)15(20)21)13-17-14(22-18-13)10-4-6-12(16)7-5-10/h4-7,9,11H,2-3,8H2,1H3,(H,20,21)/t9-,11+/m1/s1. The second-order valence-electron chi connectivity index (χ2n) is 5.52. The molecule has 3 rings (SSSR count). The highest BCUT2D eigenvalue weighted by Crippen LogP contribution is 2.29. The molecule has 116 valence electrons. The molecule has 6 nitrogen and oxygen atoms in total. The maximum absolute atomic E-state index is 12.9. The lowest BCUT2D eigenvalue weighted by Crippen LogP contribution is -2.44. The molecule has 0 bridgehead atoms. The highest BCUT2D eigenvalue weighted by molar-refractivity contribution is 5.65. The van der Waals surface area contributed by atoms with Crippen LogP contribution in [0.25, 0.3) is 11.5 Å².